The quantitative estimate of drug-likeness (QED) is 0.171. The highest BCUT2D eigenvalue weighted by Gasteiger charge is 2.27. The summed E-state index contributed by atoms with van der Waals surface area (Å²) in [6.45, 7) is 0. The molecule has 51 heavy (non-hydrogen) atoms. The first-order chi connectivity index (χ1) is 25.4. The van der Waals surface area contributed by atoms with E-state index < -0.39 is 0 Å². The molecule has 0 aliphatic rings. The Labute approximate surface area is 291 Å². The Kier molecular flexibility index (Phi) is 5.23. The Hall–Kier alpha value is -6.84. The molecule has 3 heterocycles. The molecular weight excluding hydrogens is 621 g/mol. The topological polar surface area (TPSA) is 23.0 Å². The third-order valence-corrected chi connectivity index (χ3v) is 11.0. The second-order valence-electron chi connectivity index (χ2n) is 13.6. The van der Waals surface area contributed by atoms with Gasteiger partial charge in [0, 0.05) is 43.4 Å². The molecule has 0 atom stereocenters. The van der Waals surface area contributed by atoms with Gasteiger partial charge in [-0.15, -0.1) is 0 Å². The molecule has 236 valence electrons. The van der Waals surface area contributed by atoms with Crippen molar-refractivity contribution in [3.05, 3.63) is 170 Å². The molecule has 0 N–H and O–H groups in total. The SMILES string of the molecule is c1ccc(-n2c3ccccc3c3c4c5ccccc5c5ccccc5c4c4c5ccccc5n(-c5cccc6oc7ccccc7c56)c4c32)cc1. The summed E-state index contributed by atoms with van der Waals surface area (Å²) in [7, 11) is 0. The second-order valence-corrected chi connectivity index (χ2v) is 13.6. The molecule has 0 fully saturated rings. The van der Waals surface area contributed by atoms with Crippen molar-refractivity contribution < 1.29 is 4.42 Å². The fourth-order valence-corrected chi connectivity index (χ4v) is 9.13. The molecule has 0 aliphatic carbocycles. The first-order valence-electron chi connectivity index (χ1n) is 17.5. The standard InChI is InChI=1S/C48H28N2O/c1-2-15-29(16-3-1)49-37-24-11-8-21-34(37)45-43-32-19-6-4-17-30(32)31-18-5-7-20-33(31)44(43)46-35-22-9-12-25-38(35)50(48(46)47(45)49)39-26-14-28-41-42(39)36-23-10-13-27-40(36)51-41/h1-28H. The van der Waals surface area contributed by atoms with Gasteiger partial charge < -0.3 is 13.6 Å². The number of rotatable bonds is 2. The van der Waals surface area contributed by atoms with Crippen molar-refractivity contribution >= 4 is 97.9 Å². The second kappa shape index (κ2) is 9.87. The molecule has 9 aromatic carbocycles. The van der Waals surface area contributed by atoms with Gasteiger partial charge in [0.15, 0.2) is 0 Å². The van der Waals surface area contributed by atoms with E-state index in [9.17, 15) is 0 Å². The van der Waals surface area contributed by atoms with Crippen molar-refractivity contribution in [1.29, 1.82) is 0 Å². The first kappa shape index (κ1) is 27.0. The van der Waals surface area contributed by atoms with Crippen molar-refractivity contribution in [2.45, 2.75) is 0 Å². The maximum absolute atomic E-state index is 6.50. The molecule has 3 aromatic heterocycles. The minimum absolute atomic E-state index is 0.886. The van der Waals surface area contributed by atoms with Gasteiger partial charge in [-0.3, -0.25) is 0 Å². The van der Waals surface area contributed by atoms with E-state index in [0.29, 0.717) is 0 Å². The van der Waals surface area contributed by atoms with Gasteiger partial charge in [0.25, 0.3) is 0 Å². The highest BCUT2D eigenvalue weighted by Crippen LogP contribution is 2.51. The van der Waals surface area contributed by atoms with E-state index in [0.717, 1.165) is 33.3 Å². The van der Waals surface area contributed by atoms with Crippen LogP contribution in [0.3, 0.4) is 0 Å². The minimum atomic E-state index is 0.886. The Morgan fingerprint density at radius 2 is 0.765 bits per heavy atom. The summed E-state index contributed by atoms with van der Waals surface area (Å²) >= 11 is 0. The van der Waals surface area contributed by atoms with E-state index in [1.807, 2.05) is 6.07 Å². The lowest BCUT2D eigenvalue weighted by Gasteiger charge is -2.17. The van der Waals surface area contributed by atoms with E-state index in [4.69, 9.17) is 4.42 Å². The van der Waals surface area contributed by atoms with E-state index >= 15 is 0 Å². The molecular formula is C48H28N2O. The molecule has 0 spiro atoms. The number of furan rings is 1. The van der Waals surface area contributed by atoms with E-state index in [1.54, 1.807) is 0 Å². The van der Waals surface area contributed by atoms with Crippen LogP contribution in [0, 0.1) is 0 Å². The highest BCUT2D eigenvalue weighted by molar-refractivity contribution is 6.45. The number of fused-ring (bicyclic) bond motifs is 18. The maximum atomic E-state index is 6.50. The summed E-state index contributed by atoms with van der Waals surface area (Å²) in [6, 6.07) is 61.6. The van der Waals surface area contributed by atoms with E-state index in [2.05, 4.69) is 173 Å². The summed E-state index contributed by atoms with van der Waals surface area (Å²) < 4.78 is 11.5. The van der Waals surface area contributed by atoms with Crippen molar-refractivity contribution in [3.63, 3.8) is 0 Å². The van der Waals surface area contributed by atoms with Gasteiger partial charge in [-0.1, -0.05) is 127 Å². The molecule has 0 radical (unpaired) electrons. The lowest BCUT2D eigenvalue weighted by molar-refractivity contribution is 0.669. The Bertz CT molecular complexity index is 3410. The Morgan fingerprint density at radius 3 is 1.41 bits per heavy atom. The van der Waals surface area contributed by atoms with Gasteiger partial charge in [-0.25, -0.2) is 0 Å². The number of nitrogens with zero attached hydrogens (tertiary/aromatic N) is 2. The normalized spacial score (nSPS) is 12.3. The molecule has 3 heteroatoms. The zero-order valence-corrected chi connectivity index (χ0v) is 27.5. The number of hydrogen-bond donors (Lipinski definition) is 0. The monoisotopic (exact) mass is 648 g/mol. The van der Waals surface area contributed by atoms with Crippen LogP contribution < -0.4 is 0 Å². The van der Waals surface area contributed by atoms with E-state index in [1.165, 1.54) is 75.9 Å². The predicted molar refractivity (Wildman–Crippen MR) is 215 cm³/mol. The summed E-state index contributed by atoms with van der Waals surface area (Å²) in [6.07, 6.45) is 0. The average molecular weight is 649 g/mol. The molecule has 3 nitrogen and oxygen atoms in total. The number of hydrogen-bond acceptors (Lipinski definition) is 1. The zero-order chi connectivity index (χ0) is 33.2. The lowest BCUT2D eigenvalue weighted by atomic mass is 9.89. The summed E-state index contributed by atoms with van der Waals surface area (Å²) in [5, 5.41) is 14.9. The smallest absolute Gasteiger partial charge is 0.137 e. The number of aromatic nitrogens is 2. The van der Waals surface area contributed by atoms with Crippen LogP contribution in [0.25, 0.3) is 109 Å². The molecule has 0 aliphatic heterocycles. The molecule has 0 saturated carbocycles. The summed E-state index contributed by atoms with van der Waals surface area (Å²) in [4.78, 5) is 0. The number of para-hydroxylation sites is 4. The molecule has 0 amide bonds. The zero-order valence-electron chi connectivity index (χ0n) is 27.5. The molecule has 0 bridgehead atoms. The molecule has 12 aromatic rings. The van der Waals surface area contributed by atoms with Crippen molar-refractivity contribution in [3.8, 4) is 11.4 Å². The average Bonchev–Trinajstić information content (AvgIpc) is 3.86. The fraction of sp³-hybridized carbons (Fsp3) is 0. The van der Waals surface area contributed by atoms with Crippen molar-refractivity contribution in [2.75, 3.05) is 0 Å². The van der Waals surface area contributed by atoms with Crippen LogP contribution in [-0.4, -0.2) is 9.13 Å². The number of benzene rings is 9. The first-order valence-corrected chi connectivity index (χ1v) is 17.5. The van der Waals surface area contributed by atoms with Crippen LogP contribution in [0.5, 0.6) is 0 Å². The summed E-state index contributed by atoms with van der Waals surface area (Å²) in [5.74, 6) is 0. The maximum Gasteiger partial charge on any atom is 0.137 e. The molecule has 12 rings (SSSR count). The summed E-state index contributed by atoms with van der Waals surface area (Å²) in [5.41, 5.74) is 8.78. The van der Waals surface area contributed by atoms with Crippen LogP contribution in [0.15, 0.2) is 174 Å². The Morgan fingerprint density at radius 1 is 0.294 bits per heavy atom. The van der Waals surface area contributed by atoms with Crippen LogP contribution in [0.2, 0.25) is 0 Å². The molecule has 0 saturated heterocycles. The minimum Gasteiger partial charge on any atom is -0.456 e. The lowest BCUT2D eigenvalue weighted by Crippen LogP contribution is -1.99. The van der Waals surface area contributed by atoms with Crippen LogP contribution >= 0.6 is 0 Å². The van der Waals surface area contributed by atoms with Gasteiger partial charge >= 0.3 is 0 Å². The van der Waals surface area contributed by atoms with Gasteiger partial charge in [-0.2, -0.15) is 0 Å². The van der Waals surface area contributed by atoms with Gasteiger partial charge in [0.1, 0.15) is 11.2 Å². The Balaban J connectivity index is 1.49. The van der Waals surface area contributed by atoms with Crippen molar-refractivity contribution in [2.24, 2.45) is 0 Å². The largest absolute Gasteiger partial charge is 0.456 e. The third-order valence-electron chi connectivity index (χ3n) is 11.0. The van der Waals surface area contributed by atoms with Gasteiger partial charge in [0.2, 0.25) is 0 Å². The van der Waals surface area contributed by atoms with E-state index in [-0.39, 0.29) is 0 Å². The predicted octanol–water partition coefficient (Wildman–Crippen LogP) is 13.2. The van der Waals surface area contributed by atoms with Crippen molar-refractivity contribution in [1.82, 2.24) is 9.13 Å². The van der Waals surface area contributed by atoms with Crippen LogP contribution in [0.4, 0.5) is 0 Å². The third kappa shape index (κ3) is 3.42. The fourth-order valence-electron chi connectivity index (χ4n) is 9.13. The van der Waals surface area contributed by atoms with Gasteiger partial charge in [-0.05, 0) is 64.0 Å². The highest BCUT2D eigenvalue weighted by atomic mass is 16.3. The molecule has 0 unspecified atom stereocenters. The van der Waals surface area contributed by atoms with Gasteiger partial charge in [0.05, 0.1) is 33.1 Å². The van der Waals surface area contributed by atoms with Crippen LogP contribution in [0.1, 0.15) is 0 Å². The van der Waals surface area contributed by atoms with Crippen LogP contribution in [-0.2, 0) is 0 Å².